The SMILES string of the molecule is O=c1[nH]ccnc1OC1CCCCCC1. The number of aromatic nitrogens is 2. The van der Waals surface area contributed by atoms with Gasteiger partial charge in [-0.1, -0.05) is 12.8 Å². The Hall–Kier alpha value is -1.32. The Morgan fingerprint density at radius 2 is 2.00 bits per heavy atom. The van der Waals surface area contributed by atoms with E-state index in [0.717, 1.165) is 12.8 Å². The molecule has 1 fully saturated rings. The number of hydrogen-bond donors (Lipinski definition) is 1. The average molecular weight is 208 g/mol. The fraction of sp³-hybridized carbons (Fsp3) is 0.636. The van der Waals surface area contributed by atoms with E-state index in [1.165, 1.54) is 31.9 Å². The van der Waals surface area contributed by atoms with E-state index in [4.69, 9.17) is 4.74 Å². The standard InChI is InChI=1S/C11H16N2O2/c14-10-11(13-8-7-12-10)15-9-5-3-1-2-4-6-9/h7-9H,1-6H2,(H,12,14). The third-order valence-electron chi connectivity index (χ3n) is 2.76. The minimum Gasteiger partial charge on any atom is -0.470 e. The zero-order chi connectivity index (χ0) is 10.5. The molecule has 0 amide bonds. The predicted molar refractivity (Wildman–Crippen MR) is 57.0 cm³/mol. The molecular weight excluding hydrogens is 192 g/mol. The highest BCUT2D eigenvalue weighted by Crippen LogP contribution is 2.19. The van der Waals surface area contributed by atoms with Gasteiger partial charge in [-0.05, 0) is 25.7 Å². The highest BCUT2D eigenvalue weighted by atomic mass is 16.5. The van der Waals surface area contributed by atoms with Gasteiger partial charge in [0.1, 0.15) is 6.10 Å². The number of aromatic amines is 1. The highest BCUT2D eigenvalue weighted by molar-refractivity contribution is 5.03. The quantitative estimate of drug-likeness (QED) is 0.755. The monoisotopic (exact) mass is 208 g/mol. The zero-order valence-corrected chi connectivity index (χ0v) is 8.74. The minimum atomic E-state index is -0.234. The van der Waals surface area contributed by atoms with E-state index >= 15 is 0 Å². The van der Waals surface area contributed by atoms with Crippen molar-refractivity contribution in [3.63, 3.8) is 0 Å². The summed E-state index contributed by atoms with van der Waals surface area (Å²) < 4.78 is 5.61. The highest BCUT2D eigenvalue weighted by Gasteiger charge is 2.15. The van der Waals surface area contributed by atoms with E-state index in [2.05, 4.69) is 9.97 Å². The van der Waals surface area contributed by atoms with Gasteiger partial charge >= 0.3 is 5.56 Å². The van der Waals surface area contributed by atoms with Crippen molar-refractivity contribution in [3.8, 4) is 5.88 Å². The number of hydrogen-bond acceptors (Lipinski definition) is 3. The van der Waals surface area contributed by atoms with Crippen LogP contribution in [0.15, 0.2) is 17.2 Å². The van der Waals surface area contributed by atoms with E-state index < -0.39 is 0 Å². The molecule has 1 aliphatic carbocycles. The molecule has 0 bridgehead atoms. The summed E-state index contributed by atoms with van der Waals surface area (Å²) in [6.07, 6.45) is 10.2. The summed E-state index contributed by atoms with van der Waals surface area (Å²) in [5, 5.41) is 0. The third-order valence-corrected chi connectivity index (χ3v) is 2.76. The summed E-state index contributed by atoms with van der Waals surface area (Å²) in [6, 6.07) is 0. The van der Waals surface area contributed by atoms with Crippen LogP contribution in [-0.4, -0.2) is 16.1 Å². The Morgan fingerprint density at radius 1 is 1.27 bits per heavy atom. The normalized spacial score (nSPS) is 18.4. The smallest absolute Gasteiger partial charge is 0.310 e. The second-order valence-corrected chi connectivity index (χ2v) is 3.95. The largest absolute Gasteiger partial charge is 0.470 e. The molecule has 1 aromatic rings. The number of ether oxygens (including phenoxy) is 1. The van der Waals surface area contributed by atoms with Crippen molar-refractivity contribution in [1.82, 2.24) is 9.97 Å². The van der Waals surface area contributed by atoms with Gasteiger partial charge < -0.3 is 9.72 Å². The van der Waals surface area contributed by atoms with Crippen LogP contribution in [-0.2, 0) is 0 Å². The molecule has 2 rings (SSSR count). The molecule has 0 saturated heterocycles. The molecule has 1 aliphatic rings. The second kappa shape index (κ2) is 4.96. The lowest BCUT2D eigenvalue weighted by molar-refractivity contribution is 0.173. The van der Waals surface area contributed by atoms with Crippen molar-refractivity contribution < 1.29 is 4.74 Å². The first-order valence-electron chi connectivity index (χ1n) is 5.56. The van der Waals surface area contributed by atoms with Crippen LogP contribution in [0.3, 0.4) is 0 Å². The summed E-state index contributed by atoms with van der Waals surface area (Å²) in [5.41, 5.74) is -0.234. The molecule has 0 spiro atoms. The molecule has 1 aromatic heterocycles. The van der Waals surface area contributed by atoms with Gasteiger partial charge in [0.2, 0.25) is 0 Å². The molecule has 1 N–H and O–H groups in total. The first-order chi connectivity index (χ1) is 7.36. The lowest BCUT2D eigenvalue weighted by Crippen LogP contribution is -2.21. The van der Waals surface area contributed by atoms with Gasteiger partial charge in [0, 0.05) is 12.4 Å². The van der Waals surface area contributed by atoms with Gasteiger partial charge in [0.05, 0.1) is 0 Å². The lowest BCUT2D eigenvalue weighted by atomic mass is 10.1. The Balaban J connectivity index is 2.01. The fourth-order valence-electron chi connectivity index (χ4n) is 1.94. The molecule has 4 nitrogen and oxygen atoms in total. The van der Waals surface area contributed by atoms with E-state index in [9.17, 15) is 4.79 Å². The van der Waals surface area contributed by atoms with Crippen LogP contribution in [0.1, 0.15) is 38.5 Å². The Bertz CT molecular complexity index is 354. The van der Waals surface area contributed by atoms with Gasteiger partial charge in [-0.15, -0.1) is 0 Å². The van der Waals surface area contributed by atoms with E-state index in [1.54, 1.807) is 6.20 Å². The molecule has 0 radical (unpaired) electrons. The van der Waals surface area contributed by atoms with Crippen molar-refractivity contribution in [2.75, 3.05) is 0 Å². The van der Waals surface area contributed by atoms with Crippen LogP contribution in [0.5, 0.6) is 5.88 Å². The van der Waals surface area contributed by atoms with Crippen molar-refractivity contribution in [1.29, 1.82) is 0 Å². The van der Waals surface area contributed by atoms with E-state index in [1.807, 2.05) is 0 Å². The van der Waals surface area contributed by atoms with Gasteiger partial charge in [0.15, 0.2) is 0 Å². The molecule has 1 saturated carbocycles. The van der Waals surface area contributed by atoms with Crippen LogP contribution in [0, 0.1) is 0 Å². The summed E-state index contributed by atoms with van der Waals surface area (Å²) in [6.45, 7) is 0. The van der Waals surface area contributed by atoms with Crippen LogP contribution in [0.2, 0.25) is 0 Å². The lowest BCUT2D eigenvalue weighted by Gasteiger charge is -2.14. The van der Waals surface area contributed by atoms with Crippen LogP contribution >= 0.6 is 0 Å². The van der Waals surface area contributed by atoms with Crippen molar-refractivity contribution in [2.45, 2.75) is 44.6 Å². The Kier molecular flexibility index (Phi) is 3.37. The van der Waals surface area contributed by atoms with Crippen molar-refractivity contribution in [3.05, 3.63) is 22.7 Å². The molecule has 0 aromatic carbocycles. The molecule has 15 heavy (non-hydrogen) atoms. The molecule has 4 heteroatoms. The average Bonchev–Trinajstić information content (AvgIpc) is 2.50. The molecule has 0 aliphatic heterocycles. The first kappa shape index (κ1) is 10.2. The molecular formula is C11H16N2O2. The van der Waals surface area contributed by atoms with Gasteiger partial charge in [0.25, 0.3) is 5.88 Å². The third kappa shape index (κ3) is 2.81. The molecule has 1 heterocycles. The van der Waals surface area contributed by atoms with Crippen LogP contribution < -0.4 is 10.3 Å². The summed E-state index contributed by atoms with van der Waals surface area (Å²) in [4.78, 5) is 17.8. The Morgan fingerprint density at radius 3 is 2.67 bits per heavy atom. The summed E-state index contributed by atoms with van der Waals surface area (Å²) in [7, 11) is 0. The van der Waals surface area contributed by atoms with E-state index in [-0.39, 0.29) is 17.5 Å². The maximum absolute atomic E-state index is 11.3. The first-order valence-corrected chi connectivity index (χ1v) is 5.56. The number of rotatable bonds is 2. The van der Waals surface area contributed by atoms with Gasteiger partial charge in [-0.3, -0.25) is 4.79 Å². The van der Waals surface area contributed by atoms with Crippen LogP contribution in [0.25, 0.3) is 0 Å². The maximum atomic E-state index is 11.3. The molecule has 0 atom stereocenters. The van der Waals surface area contributed by atoms with E-state index in [0.29, 0.717) is 0 Å². The van der Waals surface area contributed by atoms with Crippen molar-refractivity contribution >= 4 is 0 Å². The van der Waals surface area contributed by atoms with Gasteiger partial charge in [-0.2, -0.15) is 0 Å². The summed E-state index contributed by atoms with van der Waals surface area (Å²) >= 11 is 0. The zero-order valence-electron chi connectivity index (χ0n) is 8.74. The maximum Gasteiger partial charge on any atom is 0.310 e. The second-order valence-electron chi connectivity index (χ2n) is 3.95. The summed E-state index contributed by atoms with van der Waals surface area (Å²) in [5.74, 6) is 0.212. The van der Waals surface area contributed by atoms with Crippen molar-refractivity contribution in [2.24, 2.45) is 0 Å². The number of H-pyrrole nitrogens is 1. The topological polar surface area (TPSA) is 55.0 Å². The number of nitrogens with zero attached hydrogens (tertiary/aromatic N) is 1. The number of nitrogens with one attached hydrogen (secondary N) is 1. The van der Waals surface area contributed by atoms with Gasteiger partial charge in [-0.25, -0.2) is 4.98 Å². The fourth-order valence-corrected chi connectivity index (χ4v) is 1.94. The Labute approximate surface area is 88.7 Å². The minimum absolute atomic E-state index is 0.170. The van der Waals surface area contributed by atoms with Crippen LogP contribution in [0.4, 0.5) is 0 Å². The predicted octanol–water partition coefficient (Wildman–Crippen LogP) is 1.87. The molecule has 0 unspecified atom stereocenters. The molecule has 82 valence electrons.